The molecule has 0 bridgehead atoms. The largest absolute Gasteiger partial charge is 0.381 e. The Morgan fingerprint density at radius 3 is 2.33 bits per heavy atom. The zero-order chi connectivity index (χ0) is 13.1. The van der Waals surface area contributed by atoms with Crippen LogP contribution in [0.15, 0.2) is 30.3 Å². The molecule has 1 heteroatoms. The number of hydrogen-bond donors (Lipinski definition) is 0. The van der Waals surface area contributed by atoms with E-state index in [4.69, 9.17) is 4.74 Å². The molecule has 0 saturated carbocycles. The lowest BCUT2D eigenvalue weighted by atomic mass is 10.0. The van der Waals surface area contributed by atoms with Crippen LogP contribution in [0, 0.1) is 0 Å². The van der Waals surface area contributed by atoms with Gasteiger partial charge in [0, 0.05) is 12.5 Å². The van der Waals surface area contributed by atoms with Crippen molar-refractivity contribution in [1.82, 2.24) is 0 Å². The molecular formula is C17H28O. The molecule has 0 heterocycles. The van der Waals surface area contributed by atoms with Crippen molar-refractivity contribution in [3.63, 3.8) is 0 Å². The van der Waals surface area contributed by atoms with E-state index in [1.54, 1.807) is 0 Å². The lowest BCUT2D eigenvalue weighted by molar-refractivity contribution is 0.119. The number of hydrogen-bond acceptors (Lipinski definition) is 1. The second kappa shape index (κ2) is 10.1. The number of ether oxygens (including phenoxy) is 1. The normalized spacial score (nSPS) is 12.6. The van der Waals surface area contributed by atoms with Gasteiger partial charge in [-0.3, -0.25) is 0 Å². The Hall–Kier alpha value is -0.820. The minimum absolute atomic E-state index is 0.506. The third kappa shape index (κ3) is 6.80. The highest BCUT2D eigenvalue weighted by Crippen LogP contribution is 2.14. The van der Waals surface area contributed by atoms with Gasteiger partial charge in [0.1, 0.15) is 0 Å². The lowest BCUT2D eigenvalue weighted by Crippen LogP contribution is -2.05. The van der Waals surface area contributed by atoms with Gasteiger partial charge >= 0.3 is 0 Å². The van der Waals surface area contributed by atoms with E-state index in [0.717, 1.165) is 13.2 Å². The van der Waals surface area contributed by atoms with E-state index >= 15 is 0 Å². The average molecular weight is 248 g/mol. The maximum Gasteiger partial charge on any atom is 0.0532 e. The van der Waals surface area contributed by atoms with Crippen LogP contribution in [-0.4, -0.2) is 13.2 Å². The molecule has 18 heavy (non-hydrogen) atoms. The van der Waals surface area contributed by atoms with Gasteiger partial charge in [0.05, 0.1) is 6.61 Å². The maximum atomic E-state index is 5.76. The minimum atomic E-state index is 0.506. The highest BCUT2D eigenvalue weighted by Gasteiger charge is 2.04. The van der Waals surface area contributed by atoms with Crippen LogP contribution in [0.1, 0.15) is 63.9 Å². The van der Waals surface area contributed by atoms with Crippen molar-refractivity contribution < 1.29 is 4.74 Å². The first-order valence-electron chi connectivity index (χ1n) is 7.47. The topological polar surface area (TPSA) is 9.23 Å². The monoisotopic (exact) mass is 248 g/mol. The van der Waals surface area contributed by atoms with E-state index in [-0.39, 0.29) is 0 Å². The van der Waals surface area contributed by atoms with Crippen molar-refractivity contribution in [2.45, 2.75) is 58.3 Å². The molecule has 102 valence electrons. The van der Waals surface area contributed by atoms with Gasteiger partial charge in [0.2, 0.25) is 0 Å². The van der Waals surface area contributed by atoms with Crippen LogP contribution in [0.25, 0.3) is 0 Å². The zero-order valence-corrected chi connectivity index (χ0v) is 12.0. The summed E-state index contributed by atoms with van der Waals surface area (Å²) in [7, 11) is 0. The SMILES string of the molecule is CCCCCCCCOCC(C)c1ccccc1. The van der Waals surface area contributed by atoms with Crippen LogP contribution in [0.4, 0.5) is 0 Å². The number of rotatable bonds is 10. The van der Waals surface area contributed by atoms with Crippen molar-refractivity contribution >= 4 is 0 Å². The third-order valence-electron chi connectivity index (χ3n) is 3.38. The van der Waals surface area contributed by atoms with Crippen molar-refractivity contribution in [3.05, 3.63) is 35.9 Å². The molecule has 0 saturated heterocycles. The molecule has 0 amide bonds. The van der Waals surface area contributed by atoms with Crippen LogP contribution >= 0.6 is 0 Å². The van der Waals surface area contributed by atoms with E-state index in [9.17, 15) is 0 Å². The van der Waals surface area contributed by atoms with Gasteiger partial charge in [0.25, 0.3) is 0 Å². The van der Waals surface area contributed by atoms with Crippen LogP contribution in [0.5, 0.6) is 0 Å². The Kier molecular flexibility index (Phi) is 8.58. The fraction of sp³-hybridized carbons (Fsp3) is 0.647. The van der Waals surface area contributed by atoms with Crippen molar-refractivity contribution in [2.24, 2.45) is 0 Å². The van der Waals surface area contributed by atoms with Crippen LogP contribution in [0.2, 0.25) is 0 Å². The molecule has 0 aliphatic rings. The van der Waals surface area contributed by atoms with Gasteiger partial charge in [-0.2, -0.15) is 0 Å². The zero-order valence-electron chi connectivity index (χ0n) is 12.0. The van der Waals surface area contributed by atoms with Crippen molar-refractivity contribution in [3.8, 4) is 0 Å². The molecule has 0 N–H and O–H groups in total. The Morgan fingerprint density at radius 2 is 1.61 bits per heavy atom. The molecule has 0 aliphatic heterocycles. The van der Waals surface area contributed by atoms with E-state index in [2.05, 4.69) is 44.2 Å². The van der Waals surface area contributed by atoms with Crippen LogP contribution in [0.3, 0.4) is 0 Å². The van der Waals surface area contributed by atoms with Crippen LogP contribution < -0.4 is 0 Å². The molecule has 1 unspecified atom stereocenters. The molecule has 1 aromatic rings. The fourth-order valence-corrected chi connectivity index (χ4v) is 2.12. The number of unbranched alkanes of at least 4 members (excludes halogenated alkanes) is 5. The summed E-state index contributed by atoms with van der Waals surface area (Å²) < 4.78 is 5.76. The van der Waals surface area contributed by atoms with Gasteiger partial charge in [0.15, 0.2) is 0 Å². The van der Waals surface area contributed by atoms with E-state index in [1.165, 1.54) is 44.1 Å². The summed E-state index contributed by atoms with van der Waals surface area (Å²) in [6.07, 6.45) is 7.99. The second-order valence-corrected chi connectivity index (χ2v) is 5.15. The summed E-state index contributed by atoms with van der Waals surface area (Å²) in [6.45, 7) is 6.26. The molecule has 0 aliphatic carbocycles. The summed E-state index contributed by atoms with van der Waals surface area (Å²) >= 11 is 0. The first-order valence-corrected chi connectivity index (χ1v) is 7.47. The van der Waals surface area contributed by atoms with E-state index in [0.29, 0.717) is 5.92 Å². The van der Waals surface area contributed by atoms with Gasteiger partial charge in [-0.15, -0.1) is 0 Å². The molecule has 0 aromatic heterocycles. The van der Waals surface area contributed by atoms with Crippen LogP contribution in [-0.2, 0) is 4.74 Å². The van der Waals surface area contributed by atoms with Gasteiger partial charge in [-0.1, -0.05) is 76.3 Å². The van der Waals surface area contributed by atoms with Gasteiger partial charge < -0.3 is 4.74 Å². The molecule has 1 nitrogen and oxygen atoms in total. The molecule has 0 fully saturated rings. The molecule has 0 spiro atoms. The molecule has 1 aromatic carbocycles. The minimum Gasteiger partial charge on any atom is -0.381 e. The summed E-state index contributed by atoms with van der Waals surface area (Å²) in [5, 5.41) is 0. The summed E-state index contributed by atoms with van der Waals surface area (Å²) in [5.41, 5.74) is 1.38. The first-order chi connectivity index (χ1) is 8.84. The van der Waals surface area contributed by atoms with E-state index in [1.807, 2.05) is 0 Å². The van der Waals surface area contributed by atoms with Crippen molar-refractivity contribution in [1.29, 1.82) is 0 Å². The number of benzene rings is 1. The highest BCUT2D eigenvalue weighted by molar-refractivity contribution is 5.18. The molecular weight excluding hydrogens is 220 g/mol. The van der Waals surface area contributed by atoms with Gasteiger partial charge in [-0.25, -0.2) is 0 Å². The standard InChI is InChI=1S/C17H28O/c1-3-4-5-6-7-11-14-18-15-16(2)17-12-9-8-10-13-17/h8-10,12-13,16H,3-7,11,14-15H2,1-2H3. The van der Waals surface area contributed by atoms with E-state index < -0.39 is 0 Å². The first kappa shape index (κ1) is 15.2. The Labute approximate surface area is 113 Å². The predicted molar refractivity (Wildman–Crippen MR) is 79.1 cm³/mol. The smallest absolute Gasteiger partial charge is 0.0532 e. The summed E-state index contributed by atoms with van der Waals surface area (Å²) in [6, 6.07) is 10.6. The Bertz CT molecular complexity index is 281. The lowest BCUT2D eigenvalue weighted by Gasteiger charge is -2.12. The summed E-state index contributed by atoms with van der Waals surface area (Å²) in [5.74, 6) is 0.506. The Balaban J connectivity index is 1.98. The average Bonchev–Trinajstić information content (AvgIpc) is 2.42. The fourth-order valence-electron chi connectivity index (χ4n) is 2.12. The molecule has 1 atom stereocenters. The molecule has 0 radical (unpaired) electrons. The third-order valence-corrected chi connectivity index (χ3v) is 3.38. The maximum absolute atomic E-state index is 5.76. The predicted octanol–water partition coefficient (Wildman–Crippen LogP) is 5.17. The second-order valence-electron chi connectivity index (χ2n) is 5.15. The van der Waals surface area contributed by atoms with Crippen molar-refractivity contribution in [2.75, 3.05) is 13.2 Å². The molecule has 1 rings (SSSR count). The summed E-state index contributed by atoms with van der Waals surface area (Å²) in [4.78, 5) is 0. The van der Waals surface area contributed by atoms with Gasteiger partial charge in [-0.05, 0) is 12.0 Å². The Morgan fingerprint density at radius 1 is 0.944 bits per heavy atom. The highest BCUT2D eigenvalue weighted by atomic mass is 16.5. The quantitative estimate of drug-likeness (QED) is 0.519.